The summed E-state index contributed by atoms with van der Waals surface area (Å²) in [5.74, 6) is 1.71. The predicted octanol–water partition coefficient (Wildman–Crippen LogP) is 2.25. The Bertz CT molecular complexity index is 487. The Labute approximate surface area is 133 Å². The zero-order chi connectivity index (χ0) is 15.4. The van der Waals surface area contributed by atoms with Gasteiger partial charge < -0.3 is 9.88 Å². The van der Waals surface area contributed by atoms with Crippen LogP contribution >= 0.6 is 0 Å². The van der Waals surface area contributed by atoms with Crippen LogP contribution in [0.4, 0.5) is 0 Å². The lowest BCUT2D eigenvalue weighted by Crippen LogP contribution is -2.41. The molecule has 5 nitrogen and oxygen atoms in total. The second-order valence-corrected chi connectivity index (χ2v) is 6.82. The summed E-state index contributed by atoms with van der Waals surface area (Å²) >= 11 is 0. The number of rotatable bonds is 5. The molecular weight excluding hydrogens is 276 g/mol. The number of hydrogen-bond donors (Lipinski definition) is 1. The van der Waals surface area contributed by atoms with Crippen LogP contribution in [-0.2, 0) is 11.8 Å². The Kier molecular flexibility index (Phi) is 5.13. The molecule has 22 heavy (non-hydrogen) atoms. The van der Waals surface area contributed by atoms with Crippen LogP contribution < -0.4 is 5.32 Å². The number of aromatic nitrogens is 2. The monoisotopic (exact) mass is 304 g/mol. The van der Waals surface area contributed by atoms with Crippen LogP contribution in [0.2, 0.25) is 0 Å². The van der Waals surface area contributed by atoms with Crippen LogP contribution in [0.3, 0.4) is 0 Å². The largest absolute Gasteiger partial charge is 0.345 e. The topological polar surface area (TPSA) is 50.2 Å². The lowest BCUT2D eigenvalue weighted by molar-refractivity contribution is -0.123. The first kappa shape index (κ1) is 15.5. The van der Waals surface area contributed by atoms with Crippen molar-refractivity contribution >= 4 is 5.91 Å². The molecule has 1 saturated heterocycles. The van der Waals surface area contributed by atoms with E-state index in [1.807, 2.05) is 24.0 Å². The molecule has 2 heterocycles. The summed E-state index contributed by atoms with van der Waals surface area (Å²) in [6, 6.07) is 0.0854. The molecule has 1 atom stereocenters. The second kappa shape index (κ2) is 7.27. The zero-order valence-corrected chi connectivity index (χ0v) is 13.6. The third-order valence-electron chi connectivity index (χ3n) is 4.86. The maximum Gasteiger partial charge on any atom is 0.234 e. The molecule has 1 aromatic heterocycles. The van der Waals surface area contributed by atoms with E-state index in [4.69, 9.17) is 0 Å². The Hall–Kier alpha value is -1.36. The van der Waals surface area contributed by atoms with Gasteiger partial charge in [-0.05, 0) is 44.7 Å². The number of nitrogens with one attached hydrogen (secondary N) is 1. The van der Waals surface area contributed by atoms with E-state index in [2.05, 4.69) is 15.2 Å². The van der Waals surface area contributed by atoms with E-state index >= 15 is 0 Å². The van der Waals surface area contributed by atoms with Crippen LogP contribution in [0.25, 0.3) is 0 Å². The Morgan fingerprint density at radius 2 is 1.95 bits per heavy atom. The minimum Gasteiger partial charge on any atom is -0.345 e. The van der Waals surface area contributed by atoms with Crippen LogP contribution in [-0.4, -0.2) is 40.0 Å². The molecule has 2 fully saturated rings. The van der Waals surface area contributed by atoms with Gasteiger partial charge >= 0.3 is 0 Å². The highest BCUT2D eigenvalue weighted by molar-refractivity contribution is 5.78. The lowest BCUT2D eigenvalue weighted by atomic mass is 10.1. The fourth-order valence-electron chi connectivity index (χ4n) is 3.39. The van der Waals surface area contributed by atoms with Gasteiger partial charge in [-0.25, -0.2) is 4.98 Å². The molecule has 0 unspecified atom stereocenters. The quantitative estimate of drug-likeness (QED) is 0.908. The van der Waals surface area contributed by atoms with Crippen molar-refractivity contribution in [1.29, 1.82) is 0 Å². The van der Waals surface area contributed by atoms with E-state index in [1.165, 1.54) is 44.9 Å². The number of aryl methyl sites for hydroxylation is 1. The molecule has 1 saturated carbocycles. The van der Waals surface area contributed by atoms with Gasteiger partial charge in [-0.3, -0.25) is 9.69 Å². The van der Waals surface area contributed by atoms with Gasteiger partial charge in [-0.1, -0.05) is 19.3 Å². The molecule has 2 aliphatic rings. The van der Waals surface area contributed by atoms with Crippen LogP contribution in [0.5, 0.6) is 0 Å². The molecule has 122 valence electrons. The number of carbonyl (C=O) groups is 1. The SMILES string of the molecule is Cn1ccnc1[C@@H](NC(=O)CN1CCCCCCC1)C1CC1. The molecule has 1 N–H and O–H groups in total. The minimum atomic E-state index is 0.0854. The summed E-state index contributed by atoms with van der Waals surface area (Å²) in [6.07, 6.45) is 12.6. The van der Waals surface area contributed by atoms with Crippen LogP contribution in [0.15, 0.2) is 12.4 Å². The van der Waals surface area contributed by atoms with Crippen molar-refractivity contribution in [2.45, 2.75) is 51.0 Å². The van der Waals surface area contributed by atoms with E-state index in [1.54, 1.807) is 0 Å². The van der Waals surface area contributed by atoms with E-state index in [-0.39, 0.29) is 11.9 Å². The molecule has 0 spiro atoms. The molecule has 3 rings (SSSR count). The minimum absolute atomic E-state index is 0.0854. The second-order valence-electron chi connectivity index (χ2n) is 6.82. The molecule has 0 bridgehead atoms. The maximum atomic E-state index is 12.5. The van der Waals surface area contributed by atoms with Crippen LogP contribution in [0, 0.1) is 5.92 Å². The average Bonchev–Trinajstić information content (AvgIpc) is 3.21. The van der Waals surface area contributed by atoms with E-state index < -0.39 is 0 Å². The van der Waals surface area contributed by atoms with E-state index in [0.29, 0.717) is 12.5 Å². The summed E-state index contributed by atoms with van der Waals surface area (Å²) in [4.78, 5) is 19.2. The molecule has 1 aliphatic carbocycles. The van der Waals surface area contributed by atoms with Gasteiger partial charge in [-0.15, -0.1) is 0 Å². The number of amides is 1. The summed E-state index contributed by atoms with van der Waals surface area (Å²) in [5, 5.41) is 3.24. The van der Waals surface area contributed by atoms with Gasteiger partial charge in [0.05, 0.1) is 12.6 Å². The zero-order valence-electron chi connectivity index (χ0n) is 13.6. The summed E-state index contributed by atoms with van der Waals surface area (Å²) in [5.41, 5.74) is 0. The van der Waals surface area contributed by atoms with Crippen molar-refractivity contribution in [3.05, 3.63) is 18.2 Å². The molecule has 1 amide bonds. The Balaban J connectivity index is 1.56. The summed E-state index contributed by atoms with van der Waals surface area (Å²) in [7, 11) is 2.00. The summed E-state index contributed by atoms with van der Waals surface area (Å²) in [6.45, 7) is 2.65. The van der Waals surface area contributed by atoms with Crippen molar-refractivity contribution in [3.63, 3.8) is 0 Å². The van der Waals surface area contributed by atoms with Crippen molar-refractivity contribution in [2.24, 2.45) is 13.0 Å². The third-order valence-corrected chi connectivity index (χ3v) is 4.86. The first-order chi connectivity index (χ1) is 10.7. The number of carbonyl (C=O) groups excluding carboxylic acids is 1. The van der Waals surface area contributed by atoms with Crippen molar-refractivity contribution < 1.29 is 4.79 Å². The molecule has 0 aromatic carbocycles. The molecule has 0 radical (unpaired) electrons. The number of imidazole rings is 1. The average molecular weight is 304 g/mol. The number of likely N-dealkylation sites (tertiary alicyclic amines) is 1. The molecule has 5 heteroatoms. The molecule has 1 aliphatic heterocycles. The number of nitrogens with zero attached hydrogens (tertiary/aromatic N) is 3. The highest BCUT2D eigenvalue weighted by Crippen LogP contribution is 2.40. The highest BCUT2D eigenvalue weighted by Gasteiger charge is 2.35. The van der Waals surface area contributed by atoms with Gasteiger partial charge in [0.25, 0.3) is 0 Å². The van der Waals surface area contributed by atoms with E-state index in [0.717, 1.165) is 18.9 Å². The van der Waals surface area contributed by atoms with Gasteiger partial charge in [0.1, 0.15) is 5.82 Å². The standard InChI is InChI=1S/C17H28N4O/c1-20-12-9-18-17(20)16(14-7-8-14)19-15(22)13-21-10-5-3-2-4-6-11-21/h9,12,14,16H,2-8,10-11,13H2,1H3,(H,19,22)/t16-/m0/s1. The van der Waals surface area contributed by atoms with Crippen molar-refractivity contribution in [2.75, 3.05) is 19.6 Å². The first-order valence-corrected chi connectivity index (χ1v) is 8.73. The van der Waals surface area contributed by atoms with Gasteiger partial charge in [-0.2, -0.15) is 0 Å². The number of hydrogen-bond acceptors (Lipinski definition) is 3. The van der Waals surface area contributed by atoms with Gasteiger partial charge in [0, 0.05) is 19.4 Å². The fraction of sp³-hybridized carbons (Fsp3) is 0.765. The van der Waals surface area contributed by atoms with Gasteiger partial charge in [0.15, 0.2) is 0 Å². The Morgan fingerprint density at radius 1 is 1.27 bits per heavy atom. The fourth-order valence-corrected chi connectivity index (χ4v) is 3.39. The molecular formula is C17H28N4O. The lowest BCUT2D eigenvalue weighted by Gasteiger charge is -2.25. The smallest absolute Gasteiger partial charge is 0.234 e. The van der Waals surface area contributed by atoms with E-state index in [9.17, 15) is 4.79 Å². The van der Waals surface area contributed by atoms with Crippen molar-refractivity contribution in [1.82, 2.24) is 19.8 Å². The summed E-state index contributed by atoms with van der Waals surface area (Å²) < 4.78 is 2.03. The van der Waals surface area contributed by atoms with Crippen molar-refractivity contribution in [3.8, 4) is 0 Å². The van der Waals surface area contributed by atoms with Crippen LogP contribution in [0.1, 0.15) is 56.8 Å². The first-order valence-electron chi connectivity index (χ1n) is 8.73. The molecule has 1 aromatic rings. The van der Waals surface area contributed by atoms with Gasteiger partial charge in [0.2, 0.25) is 5.91 Å². The predicted molar refractivity (Wildman–Crippen MR) is 86.3 cm³/mol. The normalized spacial score (nSPS) is 21.9. The third kappa shape index (κ3) is 4.09. The highest BCUT2D eigenvalue weighted by atomic mass is 16.2. The maximum absolute atomic E-state index is 12.5. The Morgan fingerprint density at radius 3 is 2.55 bits per heavy atom.